The van der Waals surface area contributed by atoms with E-state index in [1.54, 1.807) is 5.56 Å². The van der Waals surface area contributed by atoms with Gasteiger partial charge in [-0.05, 0) is 43.7 Å². The monoisotopic (exact) mass is 228 g/mol. The second-order valence-corrected chi connectivity index (χ2v) is 5.66. The molecule has 1 aromatic rings. The van der Waals surface area contributed by atoms with Crippen LogP contribution < -0.4 is 4.90 Å². The summed E-state index contributed by atoms with van der Waals surface area (Å²) in [6, 6.07) is 9.89. The molecule has 0 radical (unpaired) electrons. The number of hydrogen-bond acceptors (Lipinski definition) is 2. The molecule has 3 aliphatic rings. The van der Waals surface area contributed by atoms with E-state index in [0.29, 0.717) is 6.17 Å². The Hall–Kier alpha value is -1.02. The Balaban J connectivity index is 1.71. The molecule has 2 heteroatoms. The maximum Gasteiger partial charge on any atom is 0.0826 e. The van der Waals surface area contributed by atoms with E-state index in [9.17, 15) is 0 Å². The predicted molar refractivity (Wildman–Crippen MR) is 70.2 cm³/mol. The van der Waals surface area contributed by atoms with Crippen LogP contribution in [0.15, 0.2) is 24.3 Å². The number of aryl methyl sites for hydroxylation is 1. The molecule has 4 rings (SSSR count). The van der Waals surface area contributed by atoms with Gasteiger partial charge in [0.2, 0.25) is 0 Å². The molecular formula is C15H20N2. The van der Waals surface area contributed by atoms with Gasteiger partial charge < -0.3 is 4.90 Å². The van der Waals surface area contributed by atoms with Crippen LogP contribution in [0.3, 0.4) is 0 Å². The highest BCUT2D eigenvalue weighted by molar-refractivity contribution is 5.56. The van der Waals surface area contributed by atoms with Crippen molar-refractivity contribution in [1.29, 1.82) is 0 Å². The van der Waals surface area contributed by atoms with Crippen LogP contribution in [-0.2, 0) is 6.42 Å². The number of fused-ring (bicyclic) bond motifs is 5. The van der Waals surface area contributed by atoms with Gasteiger partial charge in [0.15, 0.2) is 0 Å². The third-order valence-electron chi connectivity index (χ3n) is 4.84. The molecule has 2 atom stereocenters. The maximum absolute atomic E-state index is 2.78. The van der Waals surface area contributed by atoms with Crippen molar-refractivity contribution in [3.63, 3.8) is 0 Å². The molecule has 3 heterocycles. The Bertz CT molecular complexity index is 429. The second kappa shape index (κ2) is 3.74. The maximum atomic E-state index is 2.78. The van der Waals surface area contributed by atoms with Crippen molar-refractivity contribution < 1.29 is 0 Å². The summed E-state index contributed by atoms with van der Waals surface area (Å²) >= 11 is 0. The van der Waals surface area contributed by atoms with Gasteiger partial charge in [0.05, 0.1) is 6.17 Å². The zero-order valence-electron chi connectivity index (χ0n) is 10.3. The Kier molecular flexibility index (Phi) is 2.19. The zero-order chi connectivity index (χ0) is 11.2. The fraction of sp³-hybridized carbons (Fsp3) is 0.600. The van der Waals surface area contributed by atoms with Gasteiger partial charge in [-0.2, -0.15) is 0 Å². The highest BCUT2D eigenvalue weighted by Crippen LogP contribution is 2.38. The van der Waals surface area contributed by atoms with Crippen molar-refractivity contribution in [1.82, 2.24) is 4.90 Å². The molecule has 0 amide bonds. The summed E-state index contributed by atoms with van der Waals surface area (Å²) in [7, 11) is 0. The van der Waals surface area contributed by atoms with Gasteiger partial charge in [-0.1, -0.05) is 18.2 Å². The summed E-state index contributed by atoms with van der Waals surface area (Å²) in [5, 5.41) is 0. The van der Waals surface area contributed by atoms with Crippen molar-refractivity contribution in [2.24, 2.45) is 0 Å². The molecule has 0 aromatic heterocycles. The van der Waals surface area contributed by atoms with E-state index < -0.39 is 0 Å². The molecule has 0 saturated carbocycles. The summed E-state index contributed by atoms with van der Waals surface area (Å²) in [6.07, 6.45) is 7.51. The van der Waals surface area contributed by atoms with Crippen LogP contribution in [0.25, 0.3) is 0 Å². The van der Waals surface area contributed by atoms with Crippen molar-refractivity contribution in [2.45, 2.75) is 44.3 Å². The first-order valence-corrected chi connectivity index (χ1v) is 7.04. The first kappa shape index (κ1) is 9.95. The van der Waals surface area contributed by atoms with Crippen LogP contribution in [-0.4, -0.2) is 30.2 Å². The molecule has 2 saturated heterocycles. The molecule has 0 spiro atoms. The molecule has 1 aromatic carbocycles. The van der Waals surface area contributed by atoms with Crippen LogP contribution >= 0.6 is 0 Å². The van der Waals surface area contributed by atoms with E-state index in [1.807, 2.05) is 0 Å². The van der Waals surface area contributed by atoms with E-state index in [2.05, 4.69) is 34.1 Å². The van der Waals surface area contributed by atoms with Crippen molar-refractivity contribution in [3.05, 3.63) is 29.8 Å². The lowest BCUT2D eigenvalue weighted by atomic mass is 9.95. The average molecular weight is 228 g/mol. The summed E-state index contributed by atoms with van der Waals surface area (Å²) in [5.74, 6) is 0. The van der Waals surface area contributed by atoms with E-state index in [4.69, 9.17) is 0 Å². The third kappa shape index (κ3) is 1.43. The Morgan fingerprint density at radius 3 is 2.94 bits per heavy atom. The van der Waals surface area contributed by atoms with E-state index >= 15 is 0 Å². The largest absolute Gasteiger partial charge is 0.355 e. The SMILES string of the molecule is c1ccc2c(c1)CCC1N2CCC2CCCN21. The first-order valence-electron chi connectivity index (χ1n) is 7.04. The molecule has 2 nitrogen and oxygen atoms in total. The van der Waals surface area contributed by atoms with Gasteiger partial charge in [0, 0.05) is 24.8 Å². The third-order valence-corrected chi connectivity index (χ3v) is 4.84. The van der Waals surface area contributed by atoms with Gasteiger partial charge in [-0.15, -0.1) is 0 Å². The molecule has 17 heavy (non-hydrogen) atoms. The highest BCUT2D eigenvalue weighted by atomic mass is 15.4. The molecule has 2 unspecified atom stereocenters. The molecular weight excluding hydrogens is 208 g/mol. The number of anilines is 1. The molecule has 3 aliphatic heterocycles. The normalized spacial score (nSPS) is 31.9. The topological polar surface area (TPSA) is 6.48 Å². The van der Waals surface area contributed by atoms with Crippen molar-refractivity contribution in [3.8, 4) is 0 Å². The summed E-state index contributed by atoms with van der Waals surface area (Å²) in [4.78, 5) is 5.44. The smallest absolute Gasteiger partial charge is 0.0826 e. The fourth-order valence-electron chi connectivity index (χ4n) is 4.07. The Morgan fingerprint density at radius 1 is 1.00 bits per heavy atom. The van der Waals surface area contributed by atoms with Crippen LogP contribution in [0.4, 0.5) is 5.69 Å². The first-order chi connectivity index (χ1) is 8.43. The van der Waals surface area contributed by atoms with E-state index in [1.165, 1.54) is 50.9 Å². The number of para-hydroxylation sites is 1. The summed E-state index contributed by atoms with van der Waals surface area (Å²) < 4.78 is 0. The van der Waals surface area contributed by atoms with E-state index in [-0.39, 0.29) is 0 Å². The number of rotatable bonds is 0. The molecule has 2 fully saturated rings. The second-order valence-electron chi connectivity index (χ2n) is 5.66. The zero-order valence-corrected chi connectivity index (χ0v) is 10.3. The van der Waals surface area contributed by atoms with Crippen LogP contribution in [0.5, 0.6) is 0 Å². The van der Waals surface area contributed by atoms with Crippen molar-refractivity contribution >= 4 is 5.69 Å². The van der Waals surface area contributed by atoms with Gasteiger partial charge in [-0.3, -0.25) is 4.90 Å². The van der Waals surface area contributed by atoms with Gasteiger partial charge >= 0.3 is 0 Å². The van der Waals surface area contributed by atoms with E-state index in [0.717, 1.165) is 6.04 Å². The number of nitrogens with zero attached hydrogens (tertiary/aromatic N) is 2. The lowest BCUT2D eigenvalue weighted by molar-refractivity contribution is 0.124. The highest BCUT2D eigenvalue weighted by Gasteiger charge is 2.40. The van der Waals surface area contributed by atoms with Crippen LogP contribution in [0.2, 0.25) is 0 Å². The average Bonchev–Trinajstić information content (AvgIpc) is 2.86. The summed E-state index contributed by atoms with van der Waals surface area (Å²) in [5.41, 5.74) is 3.07. The Morgan fingerprint density at radius 2 is 1.94 bits per heavy atom. The predicted octanol–water partition coefficient (Wildman–Crippen LogP) is 2.63. The van der Waals surface area contributed by atoms with Gasteiger partial charge in [0.1, 0.15) is 0 Å². The Labute approximate surface area is 103 Å². The summed E-state index contributed by atoms with van der Waals surface area (Å²) in [6.45, 7) is 2.59. The number of benzene rings is 1. The molecule has 0 bridgehead atoms. The standard InChI is InChI=1S/C15H20N2/c1-2-6-14-12(4-1)7-8-15-16-10-3-5-13(16)9-11-17(14)15/h1-2,4,6,13,15H,3,5,7-11H2. The van der Waals surface area contributed by atoms with Crippen LogP contribution in [0, 0.1) is 0 Å². The molecule has 0 aliphatic carbocycles. The van der Waals surface area contributed by atoms with Gasteiger partial charge in [0.25, 0.3) is 0 Å². The quantitative estimate of drug-likeness (QED) is 0.673. The number of hydrogen-bond donors (Lipinski definition) is 0. The minimum Gasteiger partial charge on any atom is -0.355 e. The van der Waals surface area contributed by atoms with Crippen LogP contribution in [0.1, 0.15) is 31.2 Å². The molecule has 0 N–H and O–H groups in total. The lowest BCUT2D eigenvalue weighted by Gasteiger charge is -2.49. The lowest BCUT2D eigenvalue weighted by Crippen LogP contribution is -2.57. The minimum absolute atomic E-state index is 0.700. The van der Waals surface area contributed by atoms with Gasteiger partial charge in [-0.25, -0.2) is 0 Å². The van der Waals surface area contributed by atoms with Crippen molar-refractivity contribution in [2.75, 3.05) is 18.0 Å². The minimum atomic E-state index is 0.700. The fourth-order valence-corrected chi connectivity index (χ4v) is 4.07. The molecule has 90 valence electrons.